The van der Waals surface area contributed by atoms with Crippen molar-refractivity contribution in [3.8, 4) is 34.5 Å². The summed E-state index contributed by atoms with van der Waals surface area (Å²) < 4.78 is 56.8. The Kier molecular flexibility index (Phi) is 38.4. The summed E-state index contributed by atoms with van der Waals surface area (Å²) in [6.45, 7) is 10.5. The molecule has 0 spiro atoms. The van der Waals surface area contributed by atoms with Crippen LogP contribution in [0.4, 0.5) is 0 Å². The van der Waals surface area contributed by atoms with Crippen molar-refractivity contribution >= 4 is 35.8 Å². The zero-order chi connectivity index (χ0) is 67.2. The first-order valence-electron chi connectivity index (χ1n) is 35.9. The Morgan fingerprint density at radius 3 is 0.821 bits per heavy atom. The summed E-state index contributed by atoms with van der Waals surface area (Å²) in [5, 5.41) is 0. The van der Waals surface area contributed by atoms with E-state index in [1.165, 1.54) is 95.6 Å². The molecule has 4 aromatic rings. The minimum Gasteiger partial charge on any atom is -0.494 e. The van der Waals surface area contributed by atoms with Crippen LogP contribution in [0.3, 0.4) is 0 Å². The Morgan fingerprint density at radius 1 is 0.295 bits per heavy atom. The quantitative estimate of drug-likeness (QED) is 0.0175. The molecule has 0 bridgehead atoms. The van der Waals surface area contributed by atoms with Gasteiger partial charge in [-0.3, -0.25) is 9.59 Å². The van der Waals surface area contributed by atoms with E-state index in [1.54, 1.807) is 97.1 Å². The number of rotatable bonds is 50. The van der Waals surface area contributed by atoms with Crippen molar-refractivity contribution in [2.24, 2.45) is 11.8 Å². The highest BCUT2D eigenvalue weighted by molar-refractivity contribution is 5.92. The summed E-state index contributed by atoms with van der Waals surface area (Å²) in [5.41, 5.74) is 0.814. The fourth-order valence-corrected chi connectivity index (χ4v) is 11.9. The number of unbranched alkanes of at least 4 members (excludes halogenated alkanes) is 24. The molecule has 0 amide bonds. The van der Waals surface area contributed by atoms with Crippen molar-refractivity contribution in [2.75, 3.05) is 39.6 Å². The highest BCUT2D eigenvalue weighted by Gasteiger charge is 2.30. The van der Waals surface area contributed by atoms with Crippen LogP contribution in [-0.4, -0.2) is 87.7 Å². The van der Waals surface area contributed by atoms with Gasteiger partial charge in [-0.25, -0.2) is 19.2 Å². The fraction of sp³-hybridized carbons (Fsp3) is 0.570. The van der Waals surface area contributed by atoms with Crippen molar-refractivity contribution in [2.45, 2.75) is 237 Å². The summed E-state index contributed by atoms with van der Waals surface area (Å²) in [4.78, 5) is 73.9. The van der Waals surface area contributed by atoms with Gasteiger partial charge in [-0.1, -0.05) is 148 Å². The van der Waals surface area contributed by atoms with Crippen molar-refractivity contribution < 1.29 is 76.1 Å². The van der Waals surface area contributed by atoms with E-state index in [1.807, 2.05) is 0 Å². The number of carbonyl (C=O) groups excluding carboxylic acids is 6. The van der Waals surface area contributed by atoms with Crippen LogP contribution in [0.5, 0.6) is 34.5 Å². The van der Waals surface area contributed by atoms with Gasteiger partial charge < -0.3 is 47.4 Å². The number of carbonyl (C=O) groups is 6. The molecule has 2 fully saturated rings. The van der Waals surface area contributed by atoms with Crippen LogP contribution in [-0.2, 0) is 38.1 Å². The van der Waals surface area contributed by atoms with Crippen molar-refractivity contribution in [3.63, 3.8) is 0 Å². The molecule has 2 aliphatic carbocycles. The first kappa shape index (κ1) is 76.7. The van der Waals surface area contributed by atoms with Crippen LogP contribution in [0.1, 0.15) is 245 Å². The van der Waals surface area contributed by atoms with Crippen LogP contribution in [0.25, 0.3) is 0 Å². The molecule has 2 aliphatic rings. The molecule has 0 aromatic heterocycles. The van der Waals surface area contributed by atoms with E-state index in [0.29, 0.717) is 72.1 Å². The second-order valence-electron chi connectivity index (χ2n) is 25.3. The smallest absolute Gasteiger partial charge is 0.343 e. The summed E-state index contributed by atoms with van der Waals surface area (Å²) >= 11 is 0. The van der Waals surface area contributed by atoms with E-state index >= 15 is 0 Å². The van der Waals surface area contributed by atoms with Crippen LogP contribution in [0, 0.1) is 11.8 Å². The Balaban J connectivity index is 0.691. The predicted molar refractivity (Wildman–Crippen MR) is 368 cm³/mol. The molecule has 2 saturated carbocycles. The highest BCUT2D eigenvalue weighted by Crippen LogP contribution is 2.31. The minimum absolute atomic E-state index is 0.161. The highest BCUT2D eigenvalue weighted by atomic mass is 16.6. The number of hydrogen-bond acceptors (Lipinski definition) is 16. The zero-order valence-corrected chi connectivity index (χ0v) is 56.6. The maximum Gasteiger partial charge on any atom is 0.343 e. The first-order chi connectivity index (χ1) is 46.5. The Hall–Kier alpha value is -7.30. The van der Waals surface area contributed by atoms with E-state index in [4.69, 9.17) is 47.4 Å². The second kappa shape index (κ2) is 47.6. The summed E-state index contributed by atoms with van der Waals surface area (Å²) in [7, 11) is 0. The van der Waals surface area contributed by atoms with Gasteiger partial charge in [0.15, 0.2) is 0 Å². The Morgan fingerprint density at radius 2 is 0.537 bits per heavy atom. The van der Waals surface area contributed by atoms with Gasteiger partial charge in [0.25, 0.3) is 0 Å². The van der Waals surface area contributed by atoms with E-state index < -0.39 is 11.9 Å². The first-order valence-corrected chi connectivity index (χ1v) is 35.9. The van der Waals surface area contributed by atoms with Crippen LogP contribution < -0.4 is 28.4 Å². The van der Waals surface area contributed by atoms with Crippen molar-refractivity contribution in [1.29, 1.82) is 0 Å². The number of ether oxygens (including phenoxy) is 10. The largest absolute Gasteiger partial charge is 0.494 e. The van der Waals surface area contributed by atoms with Gasteiger partial charge >= 0.3 is 35.8 Å². The molecule has 0 heterocycles. The SMILES string of the molecule is C=CC(=O)OCCCCCCCCCCCOC1CCC(C(=O)Oc2ccc(OC(=O)c3ccc(OCCCCCCCCCCCOc4ccc(C(=O)Oc5ccc(OC(=O)C6CCC(OCCCCCCCCCCCOC(=O)C=C)CC6)cc5)cc4)cc3)cc2)CC1. The van der Waals surface area contributed by atoms with Crippen LogP contribution >= 0.6 is 0 Å². The van der Waals surface area contributed by atoms with Gasteiger partial charge in [-0.2, -0.15) is 0 Å². The monoisotopic (exact) mass is 1310 g/mol. The van der Waals surface area contributed by atoms with Crippen molar-refractivity contribution in [3.05, 3.63) is 133 Å². The van der Waals surface area contributed by atoms with E-state index in [0.717, 1.165) is 154 Å². The molecule has 16 nitrogen and oxygen atoms in total. The van der Waals surface area contributed by atoms with E-state index in [9.17, 15) is 28.8 Å². The molecule has 0 unspecified atom stereocenters. The Labute approximate surface area is 565 Å². The molecule has 0 saturated heterocycles. The second-order valence-corrected chi connectivity index (χ2v) is 25.3. The average Bonchev–Trinajstić information content (AvgIpc) is 1.10. The molecule has 0 N–H and O–H groups in total. The molecular weight excluding hydrogens is 1200 g/mol. The van der Waals surface area contributed by atoms with Gasteiger partial charge in [-0.15, -0.1) is 0 Å². The number of esters is 6. The summed E-state index contributed by atoms with van der Waals surface area (Å²) in [5.74, 6) is 0.482. The van der Waals surface area contributed by atoms with E-state index in [2.05, 4.69) is 13.2 Å². The normalized spacial score (nSPS) is 16.0. The fourth-order valence-electron chi connectivity index (χ4n) is 11.9. The molecule has 16 heteroatoms. The van der Waals surface area contributed by atoms with Gasteiger partial charge in [0.05, 0.1) is 61.6 Å². The molecule has 0 atom stereocenters. The lowest BCUT2D eigenvalue weighted by Crippen LogP contribution is -2.29. The average molecular weight is 1310 g/mol. The number of hydrogen-bond donors (Lipinski definition) is 0. The lowest BCUT2D eigenvalue weighted by atomic mass is 9.87. The predicted octanol–water partition coefficient (Wildman–Crippen LogP) is 18.5. The van der Waals surface area contributed by atoms with Crippen LogP contribution in [0.2, 0.25) is 0 Å². The van der Waals surface area contributed by atoms with Gasteiger partial charge in [-0.05, 0) is 187 Å². The third-order valence-corrected chi connectivity index (χ3v) is 17.6. The summed E-state index contributed by atoms with van der Waals surface area (Å²) in [6, 6.07) is 27.0. The minimum atomic E-state index is -0.486. The lowest BCUT2D eigenvalue weighted by Gasteiger charge is -2.27. The van der Waals surface area contributed by atoms with Gasteiger partial charge in [0, 0.05) is 25.4 Å². The molecule has 0 aliphatic heterocycles. The zero-order valence-electron chi connectivity index (χ0n) is 56.6. The molecule has 520 valence electrons. The summed E-state index contributed by atoms with van der Waals surface area (Å²) in [6.07, 6.45) is 39.6. The topological polar surface area (TPSA) is 195 Å². The lowest BCUT2D eigenvalue weighted by molar-refractivity contribution is -0.142. The number of benzene rings is 4. The van der Waals surface area contributed by atoms with Gasteiger partial charge in [0.2, 0.25) is 0 Å². The molecule has 6 rings (SSSR count). The molecule has 95 heavy (non-hydrogen) atoms. The molecule has 0 radical (unpaired) electrons. The molecular formula is C79H108O16. The van der Waals surface area contributed by atoms with E-state index in [-0.39, 0.29) is 47.9 Å². The van der Waals surface area contributed by atoms with Gasteiger partial charge in [0.1, 0.15) is 34.5 Å². The molecule has 4 aromatic carbocycles. The standard InChI is InChI=1S/C79H108O16/c1-3-74(80)90-60-30-24-18-12-6-10-16-22-28-58-88-68-44-36-64(37-45-68)78(84)94-72-52-48-70(49-53-72)92-76(82)62-32-40-66(41-33-62)86-56-26-20-14-8-5-9-15-21-27-57-87-67-42-34-63(35-43-67)77(83)93-71-50-54-73(55-51-71)95-79(85)65-38-46-69(47-39-65)89-59-29-23-17-11-7-13-19-25-31-61-91-75(81)4-2/h3-4,32-35,40-43,48-55,64-65,68-69H,1-2,5-31,36-39,44-47,56-61H2. The maximum atomic E-state index is 13.0. The third-order valence-electron chi connectivity index (χ3n) is 17.6. The van der Waals surface area contributed by atoms with Crippen molar-refractivity contribution in [1.82, 2.24) is 0 Å². The third kappa shape index (κ3) is 33.3. The Bertz CT molecular complexity index is 2610. The maximum absolute atomic E-state index is 13.0. The van der Waals surface area contributed by atoms with Crippen LogP contribution in [0.15, 0.2) is 122 Å².